The van der Waals surface area contributed by atoms with E-state index in [1.807, 2.05) is 11.9 Å². The van der Waals surface area contributed by atoms with Crippen LogP contribution >= 0.6 is 0 Å². The molecule has 1 atom stereocenters. The highest BCUT2D eigenvalue weighted by Gasteiger charge is 2.30. The summed E-state index contributed by atoms with van der Waals surface area (Å²) in [4.78, 5) is 22.7. The average molecular weight is 280 g/mol. The topological polar surface area (TPSA) is 102 Å². The van der Waals surface area contributed by atoms with Crippen LogP contribution in [-0.2, 0) is 0 Å². The summed E-state index contributed by atoms with van der Waals surface area (Å²) >= 11 is 0. The maximum absolute atomic E-state index is 11.2. The van der Waals surface area contributed by atoms with Crippen LogP contribution in [0.4, 0.5) is 17.1 Å². The lowest BCUT2D eigenvalue weighted by Crippen LogP contribution is -2.37. The smallest absolute Gasteiger partial charge is 0.299 e. The number of benzene rings is 1. The van der Waals surface area contributed by atoms with E-state index in [1.54, 1.807) is 0 Å². The summed E-state index contributed by atoms with van der Waals surface area (Å²) in [5.74, 6) is 0. The van der Waals surface area contributed by atoms with Gasteiger partial charge in [0.25, 0.3) is 11.4 Å². The fourth-order valence-electron chi connectivity index (χ4n) is 2.62. The summed E-state index contributed by atoms with van der Waals surface area (Å²) in [7, 11) is 1.83. The molecule has 0 saturated carbocycles. The minimum atomic E-state index is -0.619. The van der Waals surface area contributed by atoms with Crippen molar-refractivity contribution < 1.29 is 9.85 Å². The zero-order valence-electron chi connectivity index (χ0n) is 11.1. The number of rotatable bonds is 5. The van der Waals surface area contributed by atoms with Gasteiger partial charge in [-0.3, -0.25) is 20.2 Å². The number of nitrogens with zero attached hydrogens (tertiary/aromatic N) is 3. The third-order valence-corrected chi connectivity index (χ3v) is 3.49. The maximum atomic E-state index is 11.2. The molecule has 1 aromatic rings. The molecule has 1 aliphatic rings. The molecule has 1 N–H and O–H groups in total. The summed E-state index contributed by atoms with van der Waals surface area (Å²) in [6, 6.07) is 4.01. The van der Waals surface area contributed by atoms with Crippen LogP contribution < -0.4 is 10.2 Å². The molecule has 1 unspecified atom stereocenters. The van der Waals surface area contributed by atoms with Gasteiger partial charge in [-0.2, -0.15) is 0 Å². The molecule has 1 aromatic carbocycles. The van der Waals surface area contributed by atoms with E-state index >= 15 is 0 Å². The van der Waals surface area contributed by atoms with Crippen LogP contribution in [0, 0.1) is 20.2 Å². The van der Waals surface area contributed by atoms with Gasteiger partial charge in [0.05, 0.1) is 15.9 Å². The first kappa shape index (κ1) is 14.2. The summed E-state index contributed by atoms with van der Waals surface area (Å²) in [6.45, 7) is 1.46. The van der Waals surface area contributed by atoms with E-state index in [4.69, 9.17) is 0 Å². The highest BCUT2D eigenvalue weighted by molar-refractivity contribution is 5.67. The van der Waals surface area contributed by atoms with Gasteiger partial charge in [-0.1, -0.05) is 0 Å². The van der Waals surface area contributed by atoms with Gasteiger partial charge in [0.2, 0.25) is 0 Å². The molecule has 1 heterocycles. The second kappa shape index (κ2) is 5.83. The van der Waals surface area contributed by atoms with Gasteiger partial charge >= 0.3 is 0 Å². The van der Waals surface area contributed by atoms with Crippen LogP contribution in [-0.4, -0.2) is 36.0 Å². The number of hydrogen-bond donors (Lipinski definition) is 1. The normalized spacial score (nSPS) is 18.2. The summed E-state index contributed by atoms with van der Waals surface area (Å²) in [5, 5.41) is 25.0. The highest BCUT2D eigenvalue weighted by Crippen LogP contribution is 2.35. The van der Waals surface area contributed by atoms with Gasteiger partial charge in [0.1, 0.15) is 5.69 Å². The Labute approximate surface area is 115 Å². The van der Waals surface area contributed by atoms with Gasteiger partial charge in [-0.05, 0) is 26.0 Å². The van der Waals surface area contributed by atoms with Crippen molar-refractivity contribution in [2.24, 2.45) is 0 Å². The van der Waals surface area contributed by atoms with Crippen LogP contribution in [0.1, 0.15) is 12.8 Å². The Bertz CT molecular complexity index is 534. The van der Waals surface area contributed by atoms with Crippen molar-refractivity contribution in [2.45, 2.75) is 18.9 Å². The van der Waals surface area contributed by atoms with Crippen molar-refractivity contribution in [1.82, 2.24) is 5.32 Å². The third kappa shape index (κ3) is 2.69. The Balaban J connectivity index is 2.40. The Kier molecular flexibility index (Phi) is 4.14. The van der Waals surface area contributed by atoms with Crippen LogP contribution in [0.25, 0.3) is 0 Å². The largest absolute Gasteiger partial charge is 0.362 e. The van der Waals surface area contributed by atoms with Crippen LogP contribution in [0.3, 0.4) is 0 Å². The van der Waals surface area contributed by atoms with Gasteiger partial charge in [0.15, 0.2) is 0 Å². The van der Waals surface area contributed by atoms with E-state index < -0.39 is 9.85 Å². The number of nitro benzene ring substituents is 2. The molecule has 108 valence electrons. The Morgan fingerprint density at radius 3 is 2.70 bits per heavy atom. The second-order valence-corrected chi connectivity index (χ2v) is 4.73. The number of hydrogen-bond acceptors (Lipinski definition) is 6. The molecule has 0 amide bonds. The molecule has 0 radical (unpaired) electrons. The lowest BCUT2D eigenvalue weighted by atomic mass is 10.2. The minimum Gasteiger partial charge on any atom is -0.362 e. The van der Waals surface area contributed by atoms with Gasteiger partial charge in [-0.15, -0.1) is 0 Å². The number of anilines is 1. The Morgan fingerprint density at radius 2 is 2.10 bits per heavy atom. The molecule has 1 aliphatic heterocycles. The van der Waals surface area contributed by atoms with Gasteiger partial charge < -0.3 is 10.2 Å². The van der Waals surface area contributed by atoms with Gasteiger partial charge in [-0.25, -0.2) is 0 Å². The first-order valence-corrected chi connectivity index (χ1v) is 6.38. The SMILES string of the molecule is CNCC1CCCN1c1ccc([N+](=O)[O-])cc1[N+](=O)[O-]. The van der Waals surface area contributed by atoms with E-state index in [2.05, 4.69) is 5.32 Å². The molecule has 0 aliphatic carbocycles. The van der Waals surface area contributed by atoms with Crippen LogP contribution in [0.15, 0.2) is 18.2 Å². The lowest BCUT2D eigenvalue weighted by molar-refractivity contribution is -0.393. The van der Waals surface area contributed by atoms with E-state index in [1.165, 1.54) is 12.1 Å². The molecule has 20 heavy (non-hydrogen) atoms. The van der Waals surface area contributed by atoms with E-state index in [9.17, 15) is 20.2 Å². The first-order valence-electron chi connectivity index (χ1n) is 6.38. The van der Waals surface area contributed by atoms with Crippen molar-refractivity contribution in [1.29, 1.82) is 0 Å². The second-order valence-electron chi connectivity index (χ2n) is 4.73. The fourth-order valence-corrected chi connectivity index (χ4v) is 2.62. The molecule has 0 bridgehead atoms. The molecule has 8 heteroatoms. The monoisotopic (exact) mass is 280 g/mol. The summed E-state index contributed by atoms with van der Waals surface area (Å²) in [6.07, 6.45) is 1.91. The molecule has 0 spiro atoms. The van der Waals surface area contributed by atoms with E-state index in [0.29, 0.717) is 5.69 Å². The standard InChI is InChI=1S/C12H16N4O4/c1-13-8-10-3-2-6-14(10)11-5-4-9(15(17)18)7-12(11)16(19)20/h4-5,7,10,13H,2-3,6,8H2,1H3. The van der Waals surface area contributed by atoms with E-state index in [-0.39, 0.29) is 17.4 Å². The molecular weight excluding hydrogens is 264 g/mol. The maximum Gasteiger partial charge on any atom is 0.299 e. The number of nitrogens with one attached hydrogen (secondary N) is 1. The molecule has 1 fully saturated rings. The first-order chi connectivity index (χ1) is 9.54. The lowest BCUT2D eigenvalue weighted by Gasteiger charge is -2.26. The van der Waals surface area contributed by atoms with Crippen molar-refractivity contribution in [3.05, 3.63) is 38.4 Å². The zero-order chi connectivity index (χ0) is 14.7. The van der Waals surface area contributed by atoms with Crippen LogP contribution in [0.2, 0.25) is 0 Å². The van der Waals surface area contributed by atoms with Crippen molar-refractivity contribution in [2.75, 3.05) is 25.0 Å². The predicted octanol–water partition coefficient (Wildman–Crippen LogP) is 1.69. The van der Waals surface area contributed by atoms with E-state index in [0.717, 1.165) is 32.0 Å². The Morgan fingerprint density at radius 1 is 1.35 bits per heavy atom. The quantitative estimate of drug-likeness (QED) is 0.650. The van der Waals surface area contributed by atoms with Crippen molar-refractivity contribution in [3.63, 3.8) is 0 Å². The highest BCUT2D eigenvalue weighted by atomic mass is 16.6. The van der Waals surface area contributed by atoms with Crippen molar-refractivity contribution in [3.8, 4) is 0 Å². The molecule has 0 aromatic heterocycles. The third-order valence-electron chi connectivity index (χ3n) is 3.49. The minimum absolute atomic E-state index is 0.181. The number of non-ortho nitro benzene ring substituents is 1. The van der Waals surface area contributed by atoms with Gasteiger partial charge in [0, 0.05) is 25.2 Å². The molecule has 1 saturated heterocycles. The molecule has 2 rings (SSSR count). The van der Waals surface area contributed by atoms with Crippen molar-refractivity contribution >= 4 is 17.1 Å². The summed E-state index contributed by atoms with van der Waals surface area (Å²) < 4.78 is 0. The number of likely N-dealkylation sites (N-methyl/N-ethyl adjacent to an activating group) is 1. The molecule has 8 nitrogen and oxygen atoms in total. The molecular formula is C12H16N4O4. The fraction of sp³-hybridized carbons (Fsp3) is 0.500. The van der Waals surface area contributed by atoms with Crippen LogP contribution in [0.5, 0.6) is 0 Å². The Hall–Kier alpha value is -2.22. The number of nitro groups is 2. The summed E-state index contributed by atoms with van der Waals surface area (Å²) in [5.41, 5.74) is -0.00892. The zero-order valence-corrected chi connectivity index (χ0v) is 11.1. The predicted molar refractivity (Wildman–Crippen MR) is 74.0 cm³/mol. The average Bonchev–Trinajstić information content (AvgIpc) is 2.86.